The number of carbonyl (C=O) groups is 2. The molecule has 2 aromatic carbocycles. The van der Waals surface area contributed by atoms with E-state index in [9.17, 15) is 19.6 Å². The van der Waals surface area contributed by atoms with E-state index in [0.29, 0.717) is 6.54 Å². The van der Waals surface area contributed by atoms with Crippen LogP contribution in [0, 0.1) is 0 Å². The third-order valence-corrected chi connectivity index (χ3v) is 4.00. The molecule has 146 valence electrons. The number of methoxy groups -OCH3 is 1. The van der Waals surface area contributed by atoms with E-state index in [4.69, 9.17) is 4.74 Å². The molecule has 0 saturated heterocycles. The smallest absolute Gasteiger partial charge is 0.475 e. The Kier molecular flexibility index (Phi) is 8.26. The zero-order chi connectivity index (χ0) is 20.4. The van der Waals surface area contributed by atoms with Crippen LogP contribution < -0.4 is 15.4 Å². The molecule has 2 aromatic rings. The number of rotatable bonds is 9. The first-order valence-electron chi connectivity index (χ1n) is 8.77. The van der Waals surface area contributed by atoms with Crippen molar-refractivity contribution >= 4 is 18.9 Å². The van der Waals surface area contributed by atoms with Crippen molar-refractivity contribution in [3.63, 3.8) is 0 Å². The van der Waals surface area contributed by atoms with E-state index in [-0.39, 0.29) is 6.42 Å². The zero-order valence-electron chi connectivity index (χ0n) is 15.5. The molecule has 0 bridgehead atoms. The summed E-state index contributed by atoms with van der Waals surface area (Å²) in [6.45, 7) is 0.306. The van der Waals surface area contributed by atoms with Crippen molar-refractivity contribution in [1.29, 1.82) is 0 Å². The van der Waals surface area contributed by atoms with Crippen molar-refractivity contribution in [2.45, 2.75) is 18.9 Å². The quantitative estimate of drug-likeness (QED) is 0.376. The summed E-state index contributed by atoms with van der Waals surface area (Å²) in [6.07, 6.45) is 2.41. The van der Waals surface area contributed by atoms with Crippen molar-refractivity contribution in [3.05, 3.63) is 77.9 Å². The normalized spacial score (nSPS) is 11.7. The Bertz CT molecular complexity index is 794. The number of amides is 2. The van der Waals surface area contributed by atoms with E-state index in [1.54, 1.807) is 19.2 Å². The predicted octanol–water partition coefficient (Wildman–Crippen LogP) is 0.607. The summed E-state index contributed by atoms with van der Waals surface area (Å²) in [7, 11) is -0.145. The second-order valence-corrected chi connectivity index (χ2v) is 6.12. The lowest BCUT2D eigenvalue weighted by atomic mass is 9.76. The Morgan fingerprint density at radius 1 is 1.00 bits per heavy atom. The number of nitrogens with one attached hydrogen (secondary N) is 2. The van der Waals surface area contributed by atoms with Crippen molar-refractivity contribution in [2.75, 3.05) is 7.11 Å². The van der Waals surface area contributed by atoms with Gasteiger partial charge in [0.05, 0.1) is 13.1 Å². The summed E-state index contributed by atoms with van der Waals surface area (Å²) < 4.78 is 5.07. The largest absolute Gasteiger partial charge is 0.497 e. The van der Waals surface area contributed by atoms with Gasteiger partial charge in [0, 0.05) is 18.7 Å². The van der Waals surface area contributed by atoms with Gasteiger partial charge in [0.15, 0.2) is 0 Å². The second-order valence-electron chi connectivity index (χ2n) is 6.12. The highest BCUT2D eigenvalue weighted by molar-refractivity contribution is 6.43. The Morgan fingerprint density at radius 2 is 1.64 bits per heavy atom. The van der Waals surface area contributed by atoms with Crippen LogP contribution >= 0.6 is 0 Å². The lowest BCUT2D eigenvalue weighted by molar-refractivity contribution is -0.119. The van der Waals surface area contributed by atoms with Gasteiger partial charge in [-0.25, -0.2) is 0 Å². The molecular formula is C20H23BN2O5. The van der Waals surface area contributed by atoms with Crippen LogP contribution in [0.4, 0.5) is 0 Å². The third kappa shape index (κ3) is 7.26. The van der Waals surface area contributed by atoms with Crippen LogP contribution in [0.1, 0.15) is 11.1 Å². The molecule has 2 amide bonds. The van der Waals surface area contributed by atoms with E-state index in [1.165, 1.54) is 0 Å². The Morgan fingerprint density at radius 3 is 2.25 bits per heavy atom. The first-order valence-corrected chi connectivity index (χ1v) is 8.77. The minimum atomic E-state index is -1.72. The molecule has 28 heavy (non-hydrogen) atoms. The molecule has 0 aromatic heterocycles. The number of hydrogen-bond acceptors (Lipinski definition) is 5. The highest BCUT2D eigenvalue weighted by Gasteiger charge is 2.24. The zero-order valence-corrected chi connectivity index (χ0v) is 15.5. The molecule has 8 heteroatoms. The monoisotopic (exact) mass is 382 g/mol. The lowest BCUT2D eigenvalue weighted by Gasteiger charge is -2.16. The maximum atomic E-state index is 12.0. The lowest BCUT2D eigenvalue weighted by Crippen LogP contribution is -2.47. The molecule has 2 rings (SSSR count). The van der Waals surface area contributed by atoms with Gasteiger partial charge < -0.3 is 25.4 Å². The van der Waals surface area contributed by atoms with Crippen molar-refractivity contribution < 1.29 is 24.4 Å². The fraction of sp³-hybridized carbons (Fsp3) is 0.200. The average Bonchev–Trinajstić information content (AvgIpc) is 2.71. The predicted molar refractivity (Wildman–Crippen MR) is 106 cm³/mol. The third-order valence-electron chi connectivity index (χ3n) is 4.00. The number of hydrogen-bond donors (Lipinski definition) is 4. The molecular weight excluding hydrogens is 359 g/mol. The second kappa shape index (κ2) is 10.9. The first-order chi connectivity index (χ1) is 13.5. The summed E-state index contributed by atoms with van der Waals surface area (Å²) >= 11 is 0. The fourth-order valence-electron chi connectivity index (χ4n) is 2.47. The van der Waals surface area contributed by atoms with E-state index in [2.05, 4.69) is 10.6 Å². The van der Waals surface area contributed by atoms with Gasteiger partial charge in [-0.2, -0.15) is 0 Å². The highest BCUT2D eigenvalue weighted by atomic mass is 16.5. The molecule has 4 N–H and O–H groups in total. The van der Waals surface area contributed by atoms with Crippen molar-refractivity contribution in [3.8, 4) is 5.75 Å². The standard InChI is InChI=1S/C20H23BN2O5/c1-28-17-9-7-16(8-10-17)14-22-19(24)11-12-20(25)23-18(21(26)27)13-15-5-3-2-4-6-15/h2-12,18,26-27H,13-14H2,1H3,(H,22,24)(H,23,25)/b12-11+/t18-/m0/s1. The first kappa shape index (κ1) is 21.2. The summed E-state index contributed by atoms with van der Waals surface area (Å²) in [5, 5.41) is 24.1. The van der Waals surface area contributed by atoms with Gasteiger partial charge in [-0.15, -0.1) is 0 Å². The SMILES string of the molecule is COc1ccc(CNC(=O)/C=C/C(=O)N[C@@H](Cc2ccccc2)B(O)O)cc1. The summed E-state index contributed by atoms with van der Waals surface area (Å²) in [6, 6.07) is 16.4. The van der Waals surface area contributed by atoms with E-state index in [0.717, 1.165) is 29.0 Å². The minimum Gasteiger partial charge on any atom is -0.497 e. The van der Waals surface area contributed by atoms with Crippen LogP contribution in [-0.2, 0) is 22.6 Å². The van der Waals surface area contributed by atoms with Crippen molar-refractivity contribution in [1.82, 2.24) is 10.6 Å². The Labute approximate surface area is 164 Å². The van der Waals surface area contributed by atoms with Crippen molar-refractivity contribution in [2.24, 2.45) is 0 Å². The van der Waals surface area contributed by atoms with Gasteiger partial charge in [0.2, 0.25) is 11.8 Å². The molecule has 0 heterocycles. The van der Waals surface area contributed by atoms with Gasteiger partial charge in [-0.3, -0.25) is 9.59 Å². The van der Waals surface area contributed by atoms with Crippen LogP contribution in [0.5, 0.6) is 5.75 Å². The van der Waals surface area contributed by atoms with Crippen LogP contribution in [0.2, 0.25) is 0 Å². The summed E-state index contributed by atoms with van der Waals surface area (Å²) in [5.41, 5.74) is 1.74. The molecule has 0 radical (unpaired) electrons. The average molecular weight is 382 g/mol. The molecule has 0 aliphatic rings. The van der Waals surface area contributed by atoms with Gasteiger partial charge in [-0.1, -0.05) is 42.5 Å². The molecule has 0 aliphatic carbocycles. The van der Waals surface area contributed by atoms with Gasteiger partial charge in [-0.05, 0) is 29.7 Å². The molecule has 0 unspecified atom stereocenters. The fourth-order valence-corrected chi connectivity index (χ4v) is 2.47. The molecule has 0 fully saturated rings. The Hall–Kier alpha value is -3.10. The summed E-state index contributed by atoms with van der Waals surface area (Å²) in [5.74, 6) is -1.19. The van der Waals surface area contributed by atoms with Crippen LogP contribution in [0.25, 0.3) is 0 Å². The topological polar surface area (TPSA) is 108 Å². The molecule has 1 atom stereocenters. The van der Waals surface area contributed by atoms with E-state index < -0.39 is 24.9 Å². The highest BCUT2D eigenvalue weighted by Crippen LogP contribution is 2.10. The molecule has 0 saturated carbocycles. The van der Waals surface area contributed by atoms with Crippen LogP contribution in [0.3, 0.4) is 0 Å². The van der Waals surface area contributed by atoms with Crippen LogP contribution in [-0.4, -0.2) is 42.0 Å². The maximum absolute atomic E-state index is 12.0. The van der Waals surface area contributed by atoms with E-state index in [1.807, 2.05) is 42.5 Å². The molecule has 0 spiro atoms. The van der Waals surface area contributed by atoms with Gasteiger partial charge in [0.25, 0.3) is 0 Å². The van der Waals surface area contributed by atoms with E-state index >= 15 is 0 Å². The molecule has 7 nitrogen and oxygen atoms in total. The molecule has 0 aliphatic heterocycles. The van der Waals surface area contributed by atoms with Gasteiger partial charge >= 0.3 is 7.12 Å². The van der Waals surface area contributed by atoms with Crippen LogP contribution in [0.15, 0.2) is 66.7 Å². The van der Waals surface area contributed by atoms with Gasteiger partial charge in [0.1, 0.15) is 5.75 Å². The minimum absolute atomic E-state index is 0.252. The number of ether oxygens (including phenoxy) is 1. The number of benzene rings is 2. The number of carbonyl (C=O) groups excluding carboxylic acids is 2. The Balaban J connectivity index is 1.82. The maximum Gasteiger partial charge on any atom is 0.475 e. The summed E-state index contributed by atoms with van der Waals surface area (Å²) in [4.78, 5) is 23.8.